The lowest BCUT2D eigenvalue weighted by Crippen LogP contribution is -2.33. The summed E-state index contributed by atoms with van der Waals surface area (Å²) in [5, 5.41) is 0. The first-order valence-electron chi connectivity index (χ1n) is 3.94. The Hall–Kier alpha value is -1.39. The number of Topliss-reactive ketones (excluding diaryl/α,β-unsaturated/α-hetero) is 1. The van der Waals surface area contributed by atoms with Gasteiger partial charge in [-0.05, 0) is 5.92 Å². The Morgan fingerprint density at radius 3 is 2.23 bits per heavy atom. The molecule has 13 heavy (non-hydrogen) atoms. The second-order valence-electron chi connectivity index (χ2n) is 3.05. The van der Waals surface area contributed by atoms with Crippen molar-refractivity contribution < 1.29 is 19.2 Å². The van der Waals surface area contributed by atoms with E-state index in [4.69, 9.17) is 0 Å². The molecule has 5 heteroatoms. The van der Waals surface area contributed by atoms with E-state index in [-0.39, 0.29) is 12.3 Å². The van der Waals surface area contributed by atoms with E-state index in [0.717, 1.165) is 6.92 Å². The van der Waals surface area contributed by atoms with Gasteiger partial charge in [0.05, 0.1) is 0 Å². The lowest BCUT2D eigenvalue weighted by Gasteiger charge is -2.03. The summed E-state index contributed by atoms with van der Waals surface area (Å²) in [7, 11) is 0. The van der Waals surface area contributed by atoms with Gasteiger partial charge in [-0.3, -0.25) is 14.4 Å². The molecule has 0 spiro atoms. The van der Waals surface area contributed by atoms with Gasteiger partial charge in [0.25, 0.3) is 0 Å². The maximum atomic E-state index is 11.0. The molecular weight excluding hydrogens is 174 g/mol. The number of amides is 1. The van der Waals surface area contributed by atoms with E-state index in [1.165, 1.54) is 0 Å². The lowest BCUT2D eigenvalue weighted by atomic mass is 10.1. The number of hydroxylamine groups is 1. The molecule has 0 rings (SSSR count). The normalized spacial score (nSPS) is 9.54. The smallest absolute Gasteiger partial charge is 0.329 e. The van der Waals surface area contributed by atoms with Crippen LogP contribution in [0.15, 0.2) is 0 Å². The Labute approximate surface area is 76.4 Å². The van der Waals surface area contributed by atoms with Crippen LogP contribution in [0.5, 0.6) is 0 Å². The second kappa shape index (κ2) is 5.29. The summed E-state index contributed by atoms with van der Waals surface area (Å²) in [6, 6.07) is 0. The number of ketones is 1. The van der Waals surface area contributed by atoms with Gasteiger partial charge in [0.1, 0.15) is 0 Å². The highest BCUT2D eigenvalue weighted by Gasteiger charge is 2.15. The minimum Gasteiger partial charge on any atom is -0.341 e. The van der Waals surface area contributed by atoms with Crippen molar-refractivity contribution >= 4 is 17.7 Å². The molecule has 0 aromatic heterocycles. The molecule has 0 aliphatic heterocycles. The fourth-order valence-electron chi connectivity index (χ4n) is 0.639. The number of nitrogens with one attached hydrogen (secondary N) is 1. The zero-order chi connectivity index (χ0) is 10.4. The number of carbonyl (C=O) groups is 3. The summed E-state index contributed by atoms with van der Waals surface area (Å²) >= 11 is 0. The van der Waals surface area contributed by atoms with Crippen LogP contribution in [-0.2, 0) is 19.2 Å². The highest BCUT2D eigenvalue weighted by molar-refractivity contribution is 6.35. The number of rotatable bonds is 3. The number of hydrogen-bond acceptors (Lipinski definition) is 4. The van der Waals surface area contributed by atoms with Crippen LogP contribution in [-0.4, -0.2) is 17.7 Å². The predicted octanol–water partition coefficient (Wildman–Crippen LogP) is 0.196. The van der Waals surface area contributed by atoms with Crippen molar-refractivity contribution in [2.75, 3.05) is 0 Å². The molecule has 0 saturated carbocycles. The van der Waals surface area contributed by atoms with Gasteiger partial charge in [0.2, 0.25) is 5.78 Å². The van der Waals surface area contributed by atoms with Gasteiger partial charge in [-0.1, -0.05) is 13.8 Å². The molecule has 1 amide bonds. The predicted molar refractivity (Wildman–Crippen MR) is 44.4 cm³/mol. The highest BCUT2D eigenvalue weighted by atomic mass is 16.7. The van der Waals surface area contributed by atoms with Gasteiger partial charge in [-0.25, -0.2) is 0 Å². The monoisotopic (exact) mass is 187 g/mol. The fourth-order valence-corrected chi connectivity index (χ4v) is 0.639. The van der Waals surface area contributed by atoms with Gasteiger partial charge >= 0.3 is 11.9 Å². The van der Waals surface area contributed by atoms with Gasteiger partial charge in [-0.2, -0.15) is 5.48 Å². The van der Waals surface area contributed by atoms with Crippen molar-refractivity contribution in [2.24, 2.45) is 5.92 Å². The van der Waals surface area contributed by atoms with E-state index in [9.17, 15) is 14.4 Å². The highest BCUT2D eigenvalue weighted by Crippen LogP contribution is 1.99. The first kappa shape index (κ1) is 11.6. The second-order valence-corrected chi connectivity index (χ2v) is 3.05. The Kier molecular flexibility index (Phi) is 4.72. The SMILES string of the molecule is CC(=O)ONC(=O)C(=O)CC(C)C. The molecule has 0 aromatic rings. The van der Waals surface area contributed by atoms with Crippen molar-refractivity contribution in [3.63, 3.8) is 0 Å². The van der Waals surface area contributed by atoms with Crippen LogP contribution in [0.3, 0.4) is 0 Å². The maximum absolute atomic E-state index is 11.0. The molecule has 0 atom stereocenters. The summed E-state index contributed by atoms with van der Waals surface area (Å²) in [4.78, 5) is 36.2. The van der Waals surface area contributed by atoms with Crippen LogP contribution in [0.2, 0.25) is 0 Å². The summed E-state index contributed by atoms with van der Waals surface area (Å²) in [6.07, 6.45) is 0.146. The summed E-state index contributed by atoms with van der Waals surface area (Å²) in [5.41, 5.74) is 1.75. The topological polar surface area (TPSA) is 72.5 Å². The molecule has 0 heterocycles. The van der Waals surface area contributed by atoms with Crippen molar-refractivity contribution in [1.82, 2.24) is 5.48 Å². The molecule has 5 nitrogen and oxygen atoms in total. The lowest BCUT2D eigenvalue weighted by molar-refractivity contribution is -0.158. The molecule has 0 aliphatic rings. The average Bonchev–Trinajstić information content (AvgIpc) is 1.98. The third kappa shape index (κ3) is 5.84. The summed E-state index contributed by atoms with van der Waals surface area (Å²) < 4.78 is 0. The third-order valence-corrected chi connectivity index (χ3v) is 1.13. The van der Waals surface area contributed by atoms with E-state index >= 15 is 0 Å². The van der Waals surface area contributed by atoms with Crippen LogP contribution >= 0.6 is 0 Å². The number of hydrogen-bond donors (Lipinski definition) is 1. The Balaban J connectivity index is 3.83. The van der Waals surface area contributed by atoms with E-state index in [1.807, 2.05) is 13.8 Å². The first-order chi connectivity index (χ1) is 5.93. The molecule has 0 radical (unpaired) electrons. The molecule has 0 aromatic carbocycles. The molecule has 0 unspecified atom stereocenters. The Bertz CT molecular complexity index is 222. The first-order valence-corrected chi connectivity index (χ1v) is 3.94. The zero-order valence-corrected chi connectivity index (χ0v) is 7.92. The van der Waals surface area contributed by atoms with Crippen molar-refractivity contribution in [2.45, 2.75) is 27.2 Å². The standard InChI is InChI=1S/C8H13NO4/c1-5(2)4-7(11)8(12)9-13-6(3)10/h5H,4H2,1-3H3,(H,9,12). The van der Waals surface area contributed by atoms with Crippen LogP contribution in [0.4, 0.5) is 0 Å². The van der Waals surface area contributed by atoms with Gasteiger partial charge in [-0.15, -0.1) is 0 Å². The van der Waals surface area contributed by atoms with E-state index in [1.54, 1.807) is 5.48 Å². The van der Waals surface area contributed by atoms with E-state index in [2.05, 4.69) is 4.84 Å². The minimum atomic E-state index is -0.885. The molecule has 0 aliphatic carbocycles. The maximum Gasteiger partial charge on any atom is 0.329 e. The van der Waals surface area contributed by atoms with Gasteiger partial charge in [0.15, 0.2) is 0 Å². The Morgan fingerprint density at radius 1 is 1.31 bits per heavy atom. The quantitative estimate of drug-likeness (QED) is 0.506. The van der Waals surface area contributed by atoms with Gasteiger partial charge in [0, 0.05) is 13.3 Å². The molecular formula is C8H13NO4. The molecule has 0 bridgehead atoms. The molecule has 0 saturated heterocycles. The van der Waals surface area contributed by atoms with Crippen molar-refractivity contribution in [1.29, 1.82) is 0 Å². The van der Waals surface area contributed by atoms with Crippen LogP contribution < -0.4 is 5.48 Å². The Morgan fingerprint density at radius 2 is 1.85 bits per heavy atom. The zero-order valence-electron chi connectivity index (χ0n) is 7.92. The molecule has 1 N–H and O–H groups in total. The number of carbonyl (C=O) groups excluding carboxylic acids is 3. The van der Waals surface area contributed by atoms with Gasteiger partial charge < -0.3 is 4.84 Å². The largest absolute Gasteiger partial charge is 0.341 e. The third-order valence-electron chi connectivity index (χ3n) is 1.13. The summed E-state index contributed by atoms with van der Waals surface area (Å²) in [5.74, 6) is -2.03. The van der Waals surface area contributed by atoms with Crippen molar-refractivity contribution in [3.8, 4) is 0 Å². The van der Waals surface area contributed by atoms with Crippen LogP contribution in [0, 0.1) is 5.92 Å². The molecule has 0 fully saturated rings. The summed E-state index contributed by atoms with van der Waals surface area (Å²) in [6.45, 7) is 4.77. The minimum absolute atomic E-state index is 0.107. The average molecular weight is 187 g/mol. The van der Waals surface area contributed by atoms with Crippen LogP contribution in [0.25, 0.3) is 0 Å². The molecule has 74 valence electrons. The van der Waals surface area contributed by atoms with E-state index < -0.39 is 17.7 Å². The fraction of sp³-hybridized carbons (Fsp3) is 0.625. The van der Waals surface area contributed by atoms with Crippen LogP contribution in [0.1, 0.15) is 27.2 Å². The van der Waals surface area contributed by atoms with Crippen molar-refractivity contribution in [3.05, 3.63) is 0 Å². The van der Waals surface area contributed by atoms with E-state index in [0.29, 0.717) is 0 Å².